The van der Waals surface area contributed by atoms with Gasteiger partial charge in [-0.1, -0.05) is 32.0 Å². The molecule has 2 fully saturated rings. The average molecular weight is 269 g/mol. The summed E-state index contributed by atoms with van der Waals surface area (Å²) in [4.78, 5) is 5.95. The minimum absolute atomic E-state index is 0.455. The second-order valence-corrected chi connectivity index (χ2v) is 7.04. The molecule has 0 radical (unpaired) electrons. The second kappa shape index (κ2) is 4.26. The molecule has 2 aromatic rings. The summed E-state index contributed by atoms with van der Waals surface area (Å²) in [5, 5.41) is 5.09. The quantitative estimate of drug-likeness (QED) is 0.834. The molecule has 106 valence electrons. The molecular formula is C17H23N3. The first-order valence-electron chi connectivity index (χ1n) is 7.70. The normalized spacial score (nSPS) is 28.8. The summed E-state index contributed by atoms with van der Waals surface area (Å²) < 4.78 is 0. The minimum Gasteiger partial charge on any atom is -0.368 e. The Kier molecular flexibility index (Phi) is 2.61. The molecule has 2 atom stereocenters. The Morgan fingerprint density at radius 1 is 1.25 bits per heavy atom. The maximum Gasteiger partial charge on any atom is 0.0624 e. The van der Waals surface area contributed by atoms with Gasteiger partial charge in [0.2, 0.25) is 0 Å². The summed E-state index contributed by atoms with van der Waals surface area (Å²) in [6.45, 7) is 8.28. The Morgan fingerprint density at radius 2 is 2.10 bits per heavy atom. The number of piperidine rings is 1. The number of aromatic nitrogens is 1. The van der Waals surface area contributed by atoms with Crippen LogP contribution >= 0.6 is 0 Å². The standard InChI is InChI=1S/C17H23N3/c1-17(2)11-19-15-10-20(8-7-13(15)17)16-9-18-14-6-4-3-5-12(14)16/h3-6,9,13,15,18-19H,7-8,10-11H2,1-2H3. The van der Waals surface area contributed by atoms with Crippen LogP contribution in [-0.4, -0.2) is 30.7 Å². The lowest BCUT2D eigenvalue weighted by Crippen LogP contribution is -2.47. The highest BCUT2D eigenvalue weighted by molar-refractivity contribution is 5.92. The van der Waals surface area contributed by atoms with E-state index in [1.807, 2.05) is 0 Å². The third-order valence-corrected chi connectivity index (χ3v) is 5.34. The summed E-state index contributed by atoms with van der Waals surface area (Å²) >= 11 is 0. The van der Waals surface area contributed by atoms with Gasteiger partial charge in [-0.15, -0.1) is 0 Å². The van der Waals surface area contributed by atoms with Crippen LogP contribution in [0.2, 0.25) is 0 Å². The van der Waals surface area contributed by atoms with E-state index in [2.05, 4.69) is 59.5 Å². The number of para-hydroxylation sites is 1. The number of hydrogen-bond acceptors (Lipinski definition) is 2. The van der Waals surface area contributed by atoms with Crippen LogP contribution in [0, 0.1) is 11.3 Å². The van der Waals surface area contributed by atoms with E-state index in [-0.39, 0.29) is 0 Å². The number of hydrogen-bond donors (Lipinski definition) is 2. The molecule has 0 spiro atoms. The number of H-pyrrole nitrogens is 1. The number of benzene rings is 1. The molecule has 3 nitrogen and oxygen atoms in total. The number of fused-ring (bicyclic) bond motifs is 2. The van der Waals surface area contributed by atoms with E-state index in [0.29, 0.717) is 11.5 Å². The highest BCUT2D eigenvalue weighted by Gasteiger charge is 2.44. The van der Waals surface area contributed by atoms with Gasteiger partial charge in [-0.25, -0.2) is 0 Å². The van der Waals surface area contributed by atoms with Crippen LogP contribution < -0.4 is 10.2 Å². The van der Waals surface area contributed by atoms with E-state index < -0.39 is 0 Å². The Bertz CT molecular complexity index is 628. The Morgan fingerprint density at radius 3 is 3.00 bits per heavy atom. The van der Waals surface area contributed by atoms with Gasteiger partial charge in [-0.05, 0) is 23.8 Å². The first-order valence-corrected chi connectivity index (χ1v) is 7.70. The van der Waals surface area contributed by atoms with Crippen molar-refractivity contribution in [2.45, 2.75) is 26.3 Å². The van der Waals surface area contributed by atoms with Gasteiger partial charge < -0.3 is 15.2 Å². The number of nitrogens with zero attached hydrogens (tertiary/aromatic N) is 1. The molecule has 1 aromatic carbocycles. The van der Waals surface area contributed by atoms with Crippen LogP contribution in [0.3, 0.4) is 0 Å². The van der Waals surface area contributed by atoms with Gasteiger partial charge in [0.1, 0.15) is 0 Å². The maximum atomic E-state index is 3.74. The molecule has 1 aromatic heterocycles. The molecule has 0 bridgehead atoms. The van der Waals surface area contributed by atoms with Crippen molar-refractivity contribution in [1.29, 1.82) is 0 Å². The van der Waals surface area contributed by atoms with E-state index >= 15 is 0 Å². The van der Waals surface area contributed by atoms with Gasteiger partial charge in [0.25, 0.3) is 0 Å². The Balaban J connectivity index is 1.62. The topological polar surface area (TPSA) is 31.1 Å². The van der Waals surface area contributed by atoms with E-state index in [9.17, 15) is 0 Å². The molecule has 3 heteroatoms. The molecule has 2 aliphatic heterocycles. The van der Waals surface area contributed by atoms with Crippen LogP contribution in [0.25, 0.3) is 10.9 Å². The molecule has 3 heterocycles. The predicted octanol–water partition coefficient (Wildman–Crippen LogP) is 2.99. The average Bonchev–Trinajstić information content (AvgIpc) is 3.00. The van der Waals surface area contributed by atoms with Crippen molar-refractivity contribution in [3.8, 4) is 0 Å². The van der Waals surface area contributed by atoms with E-state index in [0.717, 1.165) is 19.0 Å². The molecule has 2 saturated heterocycles. The van der Waals surface area contributed by atoms with Gasteiger partial charge in [0.15, 0.2) is 0 Å². The van der Waals surface area contributed by atoms with Gasteiger partial charge >= 0.3 is 0 Å². The van der Waals surface area contributed by atoms with Crippen molar-refractivity contribution < 1.29 is 0 Å². The third kappa shape index (κ3) is 1.76. The van der Waals surface area contributed by atoms with Crippen molar-refractivity contribution in [3.63, 3.8) is 0 Å². The van der Waals surface area contributed by atoms with E-state index in [1.54, 1.807) is 0 Å². The van der Waals surface area contributed by atoms with Gasteiger partial charge in [0, 0.05) is 42.8 Å². The van der Waals surface area contributed by atoms with Crippen LogP contribution in [0.5, 0.6) is 0 Å². The number of rotatable bonds is 1. The molecule has 0 aliphatic carbocycles. The predicted molar refractivity (Wildman–Crippen MR) is 84.2 cm³/mol. The molecule has 2 aliphatic rings. The molecule has 2 unspecified atom stereocenters. The van der Waals surface area contributed by atoms with Crippen LogP contribution in [0.4, 0.5) is 5.69 Å². The molecule has 0 amide bonds. The van der Waals surface area contributed by atoms with Crippen molar-refractivity contribution >= 4 is 16.6 Å². The van der Waals surface area contributed by atoms with Crippen LogP contribution in [0.15, 0.2) is 30.5 Å². The Hall–Kier alpha value is -1.48. The third-order valence-electron chi connectivity index (χ3n) is 5.34. The summed E-state index contributed by atoms with van der Waals surface area (Å²) in [6, 6.07) is 9.24. The van der Waals surface area contributed by atoms with E-state index in [1.165, 1.54) is 29.6 Å². The number of nitrogens with one attached hydrogen (secondary N) is 2. The van der Waals surface area contributed by atoms with Crippen molar-refractivity contribution in [2.24, 2.45) is 11.3 Å². The molecule has 0 saturated carbocycles. The SMILES string of the molecule is CC1(C)CNC2CN(c3c[nH]c4ccccc34)CCC21. The van der Waals surface area contributed by atoms with Crippen molar-refractivity contribution in [1.82, 2.24) is 10.3 Å². The zero-order chi connectivity index (χ0) is 13.7. The van der Waals surface area contributed by atoms with Crippen molar-refractivity contribution in [2.75, 3.05) is 24.5 Å². The first-order chi connectivity index (χ1) is 9.65. The lowest BCUT2D eigenvalue weighted by atomic mass is 9.75. The van der Waals surface area contributed by atoms with Gasteiger partial charge in [-0.3, -0.25) is 0 Å². The maximum absolute atomic E-state index is 3.74. The number of aromatic amines is 1. The fraction of sp³-hybridized carbons (Fsp3) is 0.529. The zero-order valence-electron chi connectivity index (χ0n) is 12.3. The smallest absolute Gasteiger partial charge is 0.0624 e. The molecule has 20 heavy (non-hydrogen) atoms. The van der Waals surface area contributed by atoms with Gasteiger partial charge in [-0.2, -0.15) is 0 Å². The van der Waals surface area contributed by atoms with Crippen LogP contribution in [0.1, 0.15) is 20.3 Å². The minimum atomic E-state index is 0.455. The summed E-state index contributed by atoms with van der Waals surface area (Å²) in [6.07, 6.45) is 3.47. The fourth-order valence-corrected chi connectivity index (χ4v) is 4.16. The lowest BCUT2D eigenvalue weighted by molar-refractivity contribution is 0.227. The fourth-order valence-electron chi connectivity index (χ4n) is 4.16. The lowest BCUT2D eigenvalue weighted by Gasteiger charge is -2.39. The number of anilines is 1. The molecular weight excluding hydrogens is 246 g/mol. The summed E-state index contributed by atoms with van der Waals surface area (Å²) in [5.74, 6) is 0.823. The highest BCUT2D eigenvalue weighted by Crippen LogP contribution is 2.41. The summed E-state index contributed by atoms with van der Waals surface area (Å²) in [7, 11) is 0. The van der Waals surface area contributed by atoms with Crippen LogP contribution in [-0.2, 0) is 0 Å². The second-order valence-electron chi connectivity index (χ2n) is 7.04. The zero-order valence-corrected chi connectivity index (χ0v) is 12.3. The first kappa shape index (κ1) is 12.3. The summed E-state index contributed by atoms with van der Waals surface area (Å²) in [5.41, 5.74) is 3.06. The molecule has 4 rings (SSSR count). The molecule has 2 N–H and O–H groups in total. The van der Waals surface area contributed by atoms with Gasteiger partial charge in [0.05, 0.1) is 5.69 Å². The van der Waals surface area contributed by atoms with E-state index in [4.69, 9.17) is 0 Å². The largest absolute Gasteiger partial charge is 0.368 e. The Labute approximate surface area is 120 Å². The highest BCUT2D eigenvalue weighted by atomic mass is 15.2. The monoisotopic (exact) mass is 269 g/mol. The van der Waals surface area contributed by atoms with Crippen molar-refractivity contribution in [3.05, 3.63) is 30.5 Å².